The maximum Gasteiger partial charge on any atom is 0.193 e. The van der Waals surface area contributed by atoms with Crippen LogP contribution >= 0.6 is 24.0 Å². The number of nitrogens with two attached hydrogens (primary N) is 1. The fourth-order valence-corrected chi connectivity index (χ4v) is 2.51. The first-order valence-electron chi connectivity index (χ1n) is 6.74. The first-order valence-corrected chi connectivity index (χ1v) is 6.74. The number of nitrogens with zero attached hydrogens (tertiary/aromatic N) is 1. The molecule has 0 saturated heterocycles. The van der Waals surface area contributed by atoms with E-state index >= 15 is 0 Å². The normalized spacial score (nSPS) is 23.7. The Hall–Kier alpha value is -1.02. The van der Waals surface area contributed by atoms with E-state index in [4.69, 9.17) is 15.2 Å². The summed E-state index contributed by atoms with van der Waals surface area (Å²) >= 11 is 0. The fourth-order valence-electron chi connectivity index (χ4n) is 2.51. The molecule has 2 atom stereocenters. The standard InChI is InChI=1S/C15H23N3O2.HI/c1-15(2)12(9-13(15)20-4)18-14(16)17-10-5-7-11(19-3)8-6-10;/h5-8,12-13H,9H2,1-4H3,(H3,16,17,18);1H. The van der Waals surface area contributed by atoms with Gasteiger partial charge in [0, 0.05) is 18.2 Å². The van der Waals surface area contributed by atoms with Crippen LogP contribution in [0.15, 0.2) is 29.3 Å². The van der Waals surface area contributed by atoms with Crippen molar-refractivity contribution in [3.8, 4) is 5.75 Å². The van der Waals surface area contributed by atoms with Crippen LogP contribution < -0.4 is 15.8 Å². The van der Waals surface area contributed by atoms with Crippen LogP contribution in [0, 0.1) is 5.41 Å². The van der Waals surface area contributed by atoms with Crippen molar-refractivity contribution in [3.05, 3.63) is 24.3 Å². The number of benzene rings is 1. The van der Waals surface area contributed by atoms with E-state index in [0.29, 0.717) is 5.96 Å². The van der Waals surface area contributed by atoms with Crippen LogP contribution in [0.1, 0.15) is 20.3 Å². The van der Waals surface area contributed by atoms with E-state index in [-0.39, 0.29) is 41.5 Å². The van der Waals surface area contributed by atoms with Crippen molar-refractivity contribution in [2.75, 3.05) is 19.5 Å². The molecule has 0 amide bonds. The van der Waals surface area contributed by atoms with E-state index in [1.54, 1.807) is 14.2 Å². The molecule has 3 N–H and O–H groups in total. The van der Waals surface area contributed by atoms with Crippen LogP contribution in [-0.4, -0.2) is 32.3 Å². The summed E-state index contributed by atoms with van der Waals surface area (Å²) in [5.74, 6) is 1.25. The van der Waals surface area contributed by atoms with Crippen molar-refractivity contribution in [1.82, 2.24) is 0 Å². The highest BCUT2D eigenvalue weighted by Gasteiger charge is 2.48. The number of rotatable bonds is 4. The highest BCUT2D eigenvalue weighted by Crippen LogP contribution is 2.44. The van der Waals surface area contributed by atoms with Gasteiger partial charge in [-0.25, -0.2) is 4.99 Å². The molecule has 0 spiro atoms. The monoisotopic (exact) mass is 405 g/mol. The summed E-state index contributed by atoms with van der Waals surface area (Å²) in [5, 5.41) is 3.09. The molecular formula is C15H24IN3O2. The fraction of sp³-hybridized carbons (Fsp3) is 0.533. The number of aliphatic imine (C=N–C) groups is 1. The lowest BCUT2D eigenvalue weighted by Gasteiger charge is -2.48. The minimum absolute atomic E-state index is 0. The van der Waals surface area contributed by atoms with Gasteiger partial charge in [0.05, 0.1) is 19.3 Å². The van der Waals surface area contributed by atoms with E-state index in [2.05, 4.69) is 24.2 Å². The van der Waals surface area contributed by atoms with Crippen molar-refractivity contribution in [2.45, 2.75) is 32.4 Å². The molecule has 1 aromatic carbocycles. The van der Waals surface area contributed by atoms with Crippen molar-refractivity contribution < 1.29 is 9.47 Å². The predicted octanol–water partition coefficient (Wildman–Crippen LogP) is 2.85. The molecule has 0 heterocycles. The molecule has 1 aliphatic rings. The summed E-state index contributed by atoms with van der Waals surface area (Å²) in [6.45, 7) is 4.30. The van der Waals surface area contributed by atoms with Gasteiger partial charge in [-0.1, -0.05) is 13.8 Å². The minimum atomic E-state index is 0. The third-order valence-corrected chi connectivity index (χ3v) is 4.07. The zero-order valence-corrected chi connectivity index (χ0v) is 15.3. The molecule has 2 rings (SSSR count). The summed E-state index contributed by atoms with van der Waals surface area (Å²) in [6.07, 6.45) is 1.17. The molecule has 1 aromatic rings. The van der Waals surface area contributed by atoms with E-state index in [1.807, 2.05) is 24.3 Å². The first-order chi connectivity index (χ1) is 9.47. The van der Waals surface area contributed by atoms with E-state index in [1.165, 1.54) is 0 Å². The Morgan fingerprint density at radius 1 is 1.29 bits per heavy atom. The van der Waals surface area contributed by atoms with Crippen molar-refractivity contribution in [3.63, 3.8) is 0 Å². The second kappa shape index (κ2) is 7.31. The van der Waals surface area contributed by atoms with Crippen LogP contribution in [0.3, 0.4) is 0 Å². The topological polar surface area (TPSA) is 68.9 Å². The van der Waals surface area contributed by atoms with Gasteiger partial charge in [0.1, 0.15) is 5.75 Å². The molecule has 1 saturated carbocycles. The lowest BCUT2D eigenvalue weighted by molar-refractivity contribution is -0.0850. The lowest BCUT2D eigenvalue weighted by Crippen LogP contribution is -2.54. The summed E-state index contributed by atoms with van der Waals surface area (Å²) < 4.78 is 10.5. The Balaban J connectivity index is 0.00000220. The number of ether oxygens (including phenoxy) is 2. The van der Waals surface area contributed by atoms with Gasteiger partial charge in [-0.3, -0.25) is 0 Å². The van der Waals surface area contributed by atoms with E-state index in [9.17, 15) is 0 Å². The Kier molecular flexibility index (Phi) is 6.27. The number of hydrogen-bond acceptors (Lipinski definition) is 3. The second-order valence-corrected chi connectivity index (χ2v) is 5.67. The number of hydrogen-bond donors (Lipinski definition) is 2. The predicted molar refractivity (Wildman–Crippen MR) is 96.6 cm³/mol. The number of methoxy groups -OCH3 is 2. The molecule has 0 aliphatic heterocycles. The van der Waals surface area contributed by atoms with Gasteiger partial charge in [-0.2, -0.15) is 0 Å². The Morgan fingerprint density at radius 3 is 2.38 bits per heavy atom. The van der Waals surface area contributed by atoms with Gasteiger partial charge in [0.25, 0.3) is 0 Å². The first kappa shape index (κ1) is 18.0. The summed E-state index contributed by atoms with van der Waals surface area (Å²) in [4.78, 5) is 4.54. The van der Waals surface area contributed by atoms with E-state index in [0.717, 1.165) is 17.9 Å². The summed E-state index contributed by atoms with van der Waals surface area (Å²) in [6, 6.07) is 7.77. The molecule has 1 aliphatic carbocycles. The van der Waals surface area contributed by atoms with Gasteiger partial charge in [-0.15, -0.1) is 24.0 Å². The van der Waals surface area contributed by atoms with Crippen LogP contribution in [0.5, 0.6) is 5.75 Å². The van der Waals surface area contributed by atoms with Crippen LogP contribution in [0.2, 0.25) is 0 Å². The van der Waals surface area contributed by atoms with Crippen LogP contribution in [0.25, 0.3) is 0 Å². The smallest absolute Gasteiger partial charge is 0.193 e. The van der Waals surface area contributed by atoms with Gasteiger partial charge in [-0.05, 0) is 30.7 Å². The third-order valence-electron chi connectivity index (χ3n) is 4.07. The van der Waals surface area contributed by atoms with Gasteiger partial charge in [0.2, 0.25) is 0 Å². The summed E-state index contributed by atoms with van der Waals surface area (Å²) in [7, 11) is 3.38. The number of nitrogens with one attached hydrogen (secondary N) is 1. The number of guanidine groups is 1. The summed E-state index contributed by atoms with van der Waals surface area (Å²) in [5.41, 5.74) is 6.89. The van der Waals surface area contributed by atoms with Crippen LogP contribution in [0.4, 0.5) is 5.69 Å². The van der Waals surface area contributed by atoms with Crippen molar-refractivity contribution >= 4 is 35.6 Å². The molecule has 0 bridgehead atoms. The zero-order valence-electron chi connectivity index (χ0n) is 12.9. The minimum Gasteiger partial charge on any atom is -0.497 e. The molecule has 6 heteroatoms. The third kappa shape index (κ3) is 4.00. The highest BCUT2D eigenvalue weighted by molar-refractivity contribution is 14.0. The molecular weight excluding hydrogens is 381 g/mol. The Bertz CT molecular complexity index is 488. The van der Waals surface area contributed by atoms with Gasteiger partial charge < -0.3 is 20.5 Å². The van der Waals surface area contributed by atoms with E-state index < -0.39 is 0 Å². The largest absolute Gasteiger partial charge is 0.497 e. The molecule has 2 unspecified atom stereocenters. The second-order valence-electron chi connectivity index (χ2n) is 5.67. The Morgan fingerprint density at radius 2 is 1.90 bits per heavy atom. The van der Waals surface area contributed by atoms with Crippen molar-refractivity contribution in [1.29, 1.82) is 0 Å². The van der Waals surface area contributed by atoms with Gasteiger partial charge in [0.15, 0.2) is 5.96 Å². The maximum absolute atomic E-state index is 5.96. The average molecular weight is 405 g/mol. The molecule has 1 fully saturated rings. The SMILES string of the molecule is COc1ccc(NC(N)=NC2CC(OC)C2(C)C)cc1.I. The molecule has 0 radical (unpaired) electrons. The average Bonchev–Trinajstić information content (AvgIpc) is 2.43. The quantitative estimate of drug-likeness (QED) is 0.459. The molecule has 0 aromatic heterocycles. The number of anilines is 1. The van der Waals surface area contributed by atoms with Crippen LogP contribution in [-0.2, 0) is 4.74 Å². The number of halogens is 1. The lowest BCUT2D eigenvalue weighted by atomic mass is 9.65. The van der Waals surface area contributed by atoms with Gasteiger partial charge >= 0.3 is 0 Å². The maximum atomic E-state index is 5.96. The molecule has 118 valence electrons. The zero-order chi connectivity index (χ0) is 14.8. The molecule has 21 heavy (non-hydrogen) atoms. The Labute approximate surface area is 143 Å². The van der Waals surface area contributed by atoms with Crippen molar-refractivity contribution in [2.24, 2.45) is 16.1 Å². The highest BCUT2D eigenvalue weighted by atomic mass is 127. The molecule has 5 nitrogen and oxygen atoms in total.